The topological polar surface area (TPSA) is 26.9 Å². The van der Waals surface area contributed by atoms with Gasteiger partial charge in [-0.25, -0.2) is 4.79 Å². The van der Waals surface area contributed by atoms with Gasteiger partial charge in [-0.15, -0.1) is 0 Å². The predicted octanol–water partition coefficient (Wildman–Crippen LogP) is 12.9. The van der Waals surface area contributed by atoms with Crippen LogP contribution in [-0.4, -0.2) is 9.13 Å². The first-order chi connectivity index (χ1) is 26.8. The largest absolute Gasteiger partial charge is 0.338 e. The molecule has 11 aromatic rings. The van der Waals surface area contributed by atoms with Gasteiger partial charge in [0.05, 0.1) is 22.4 Å². The van der Waals surface area contributed by atoms with Gasteiger partial charge in [-0.3, -0.25) is 9.13 Å². The summed E-state index contributed by atoms with van der Waals surface area (Å²) >= 11 is 0. The zero-order chi connectivity index (χ0) is 35.8. The van der Waals surface area contributed by atoms with E-state index in [2.05, 4.69) is 146 Å². The number of hydrogen-bond donors (Lipinski definition) is 0. The molecule has 1 aromatic heterocycles. The highest BCUT2D eigenvalue weighted by atomic mass is 16.1. The number of imidazole rings is 1. The molecule has 0 spiro atoms. The summed E-state index contributed by atoms with van der Waals surface area (Å²) in [6.07, 6.45) is 0. The van der Waals surface area contributed by atoms with Crippen molar-refractivity contribution in [3.63, 3.8) is 0 Å². The van der Waals surface area contributed by atoms with E-state index in [1.54, 1.807) is 0 Å². The van der Waals surface area contributed by atoms with Crippen molar-refractivity contribution in [1.82, 2.24) is 9.13 Å². The second-order valence-electron chi connectivity index (χ2n) is 14.0. The van der Waals surface area contributed by atoms with E-state index in [4.69, 9.17) is 0 Å². The first-order valence-electron chi connectivity index (χ1n) is 18.4. The van der Waals surface area contributed by atoms with Crippen molar-refractivity contribution < 1.29 is 0 Å². The molecular formula is C51H32N2O. The molecule has 0 aliphatic heterocycles. The highest BCUT2D eigenvalue weighted by molar-refractivity contribution is 6.29. The van der Waals surface area contributed by atoms with E-state index in [0.717, 1.165) is 44.0 Å². The van der Waals surface area contributed by atoms with Crippen molar-refractivity contribution >= 4 is 64.9 Å². The minimum Gasteiger partial charge on any atom is -0.260 e. The van der Waals surface area contributed by atoms with Crippen LogP contribution in [0.15, 0.2) is 199 Å². The Morgan fingerprint density at radius 1 is 0.315 bits per heavy atom. The Balaban J connectivity index is 1.29. The van der Waals surface area contributed by atoms with Crippen LogP contribution in [0.4, 0.5) is 0 Å². The van der Waals surface area contributed by atoms with E-state index in [1.807, 2.05) is 57.7 Å². The Hall–Kier alpha value is -7.23. The summed E-state index contributed by atoms with van der Waals surface area (Å²) < 4.78 is 3.76. The number of benzene rings is 10. The van der Waals surface area contributed by atoms with Crippen LogP contribution in [0.2, 0.25) is 0 Å². The zero-order valence-electron chi connectivity index (χ0n) is 29.3. The van der Waals surface area contributed by atoms with Crippen molar-refractivity contribution in [2.45, 2.75) is 0 Å². The quantitative estimate of drug-likeness (QED) is 0.169. The summed E-state index contributed by atoms with van der Waals surface area (Å²) in [5, 5.41) is 11.5. The highest BCUT2D eigenvalue weighted by Gasteiger charge is 2.25. The third kappa shape index (κ3) is 4.39. The average molecular weight is 689 g/mol. The Kier molecular flexibility index (Phi) is 6.70. The average Bonchev–Trinajstić information content (AvgIpc) is 3.53. The van der Waals surface area contributed by atoms with E-state index in [1.165, 1.54) is 54.6 Å². The SMILES string of the molecule is O=c1n(-c2ccccc2)c2ccccc2n1-c1c2ccccc2c(-c2c3ccccc3c(-c3ccc4ccccc4c3)c3ccccc23)c2ccccc12. The van der Waals surface area contributed by atoms with Gasteiger partial charge in [-0.1, -0.05) is 164 Å². The summed E-state index contributed by atoms with van der Waals surface area (Å²) in [7, 11) is 0. The maximum Gasteiger partial charge on any atom is 0.338 e. The summed E-state index contributed by atoms with van der Waals surface area (Å²) in [4.78, 5) is 14.9. The molecule has 0 aliphatic carbocycles. The monoisotopic (exact) mass is 688 g/mol. The van der Waals surface area contributed by atoms with E-state index in [-0.39, 0.29) is 5.69 Å². The van der Waals surface area contributed by atoms with E-state index in [0.29, 0.717) is 0 Å². The van der Waals surface area contributed by atoms with Crippen LogP contribution in [0.25, 0.3) is 98.5 Å². The Morgan fingerprint density at radius 2 is 0.722 bits per heavy atom. The zero-order valence-corrected chi connectivity index (χ0v) is 29.3. The van der Waals surface area contributed by atoms with Crippen LogP contribution in [0, 0.1) is 0 Å². The molecule has 0 atom stereocenters. The van der Waals surface area contributed by atoms with Gasteiger partial charge in [0.2, 0.25) is 0 Å². The molecule has 0 N–H and O–H groups in total. The molecule has 0 radical (unpaired) electrons. The lowest BCUT2D eigenvalue weighted by molar-refractivity contribution is 0.939. The molecule has 3 heteroatoms. The molecule has 10 aromatic carbocycles. The van der Waals surface area contributed by atoms with Gasteiger partial charge >= 0.3 is 5.69 Å². The molecule has 252 valence electrons. The Morgan fingerprint density at radius 3 is 1.28 bits per heavy atom. The standard InChI is InChI=1S/C51H32N2O/c54-51-52(36-18-2-1-3-19-36)45-28-14-15-29-46(45)53(51)50-43-26-12-10-24-41(43)49(42-25-11-13-27-44(42)50)48-39-22-8-6-20-37(39)47(38-21-7-9-23-40(38)48)35-31-30-33-16-4-5-17-34(33)32-35/h1-32H. The number of rotatable bonds is 4. The lowest BCUT2D eigenvalue weighted by atomic mass is 9.82. The fourth-order valence-electron chi connectivity index (χ4n) is 8.86. The number of aromatic nitrogens is 2. The number of hydrogen-bond acceptors (Lipinski definition) is 1. The van der Waals surface area contributed by atoms with Crippen molar-refractivity contribution in [1.29, 1.82) is 0 Å². The minimum atomic E-state index is -0.0962. The van der Waals surface area contributed by atoms with E-state index in [9.17, 15) is 4.79 Å². The molecule has 54 heavy (non-hydrogen) atoms. The lowest BCUT2D eigenvalue weighted by Crippen LogP contribution is -2.22. The molecule has 0 fully saturated rings. The Bertz CT molecular complexity index is 3240. The van der Waals surface area contributed by atoms with Crippen molar-refractivity contribution in [3.05, 3.63) is 205 Å². The van der Waals surface area contributed by atoms with Crippen LogP contribution in [0.1, 0.15) is 0 Å². The molecule has 0 saturated carbocycles. The van der Waals surface area contributed by atoms with Crippen LogP contribution in [-0.2, 0) is 0 Å². The van der Waals surface area contributed by atoms with Gasteiger partial charge in [0, 0.05) is 10.8 Å². The molecule has 1 heterocycles. The highest BCUT2D eigenvalue weighted by Crippen LogP contribution is 2.49. The summed E-state index contributed by atoms with van der Waals surface area (Å²) in [6.45, 7) is 0. The first-order valence-corrected chi connectivity index (χ1v) is 18.4. The molecule has 0 bridgehead atoms. The molecule has 0 amide bonds. The smallest absolute Gasteiger partial charge is 0.260 e. The Labute approximate surface area is 311 Å². The van der Waals surface area contributed by atoms with Gasteiger partial charge in [0.1, 0.15) is 0 Å². The third-order valence-electron chi connectivity index (χ3n) is 11.1. The van der Waals surface area contributed by atoms with E-state index >= 15 is 0 Å². The van der Waals surface area contributed by atoms with E-state index < -0.39 is 0 Å². The molecule has 0 aliphatic rings. The number of para-hydroxylation sites is 3. The molecule has 3 nitrogen and oxygen atoms in total. The summed E-state index contributed by atoms with van der Waals surface area (Å²) in [5.74, 6) is 0. The van der Waals surface area contributed by atoms with Crippen molar-refractivity contribution in [3.8, 4) is 33.6 Å². The van der Waals surface area contributed by atoms with Gasteiger partial charge in [0.25, 0.3) is 0 Å². The number of nitrogens with zero attached hydrogens (tertiary/aromatic N) is 2. The molecule has 0 unspecified atom stereocenters. The maximum atomic E-state index is 14.9. The van der Waals surface area contributed by atoms with Gasteiger partial charge in [0.15, 0.2) is 0 Å². The third-order valence-corrected chi connectivity index (χ3v) is 11.1. The first kappa shape index (κ1) is 30.4. The minimum absolute atomic E-state index is 0.0962. The second-order valence-corrected chi connectivity index (χ2v) is 14.0. The summed E-state index contributed by atoms with van der Waals surface area (Å²) in [5.41, 5.74) is 8.17. The fraction of sp³-hybridized carbons (Fsp3) is 0. The predicted molar refractivity (Wildman–Crippen MR) is 227 cm³/mol. The molecular weight excluding hydrogens is 657 g/mol. The summed E-state index contributed by atoms with van der Waals surface area (Å²) in [6, 6.07) is 68.4. The van der Waals surface area contributed by atoms with Gasteiger partial charge in [-0.2, -0.15) is 0 Å². The van der Waals surface area contributed by atoms with Crippen molar-refractivity contribution in [2.24, 2.45) is 0 Å². The maximum absolute atomic E-state index is 14.9. The van der Waals surface area contributed by atoms with Crippen LogP contribution in [0.3, 0.4) is 0 Å². The van der Waals surface area contributed by atoms with Crippen LogP contribution >= 0.6 is 0 Å². The molecule has 0 saturated heterocycles. The number of fused-ring (bicyclic) bond motifs is 6. The fourth-order valence-corrected chi connectivity index (χ4v) is 8.86. The molecule has 11 rings (SSSR count). The second kappa shape index (κ2) is 11.9. The van der Waals surface area contributed by atoms with Crippen molar-refractivity contribution in [2.75, 3.05) is 0 Å². The lowest BCUT2D eigenvalue weighted by Gasteiger charge is -2.22. The van der Waals surface area contributed by atoms with Crippen LogP contribution in [0.5, 0.6) is 0 Å². The van der Waals surface area contributed by atoms with Gasteiger partial charge < -0.3 is 0 Å². The normalized spacial score (nSPS) is 11.8. The van der Waals surface area contributed by atoms with Gasteiger partial charge in [-0.05, 0) is 95.7 Å². The van der Waals surface area contributed by atoms with Crippen LogP contribution < -0.4 is 5.69 Å².